The van der Waals surface area contributed by atoms with Gasteiger partial charge in [-0.05, 0) is 32.6 Å². The summed E-state index contributed by atoms with van der Waals surface area (Å²) in [5, 5.41) is 13.5. The first-order chi connectivity index (χ1) is 13.1. The van der Waals surface area contributed by atoms with Crippen LogP contribution in [0.2, 0.25) is 0 Å². The zero-order chi connectivity index (χ0) is 21.3. The molecule has 158 valence electrons. The topological polar surface area (TPSA) is 206 Å². The van der Waals surface area contributed by atoms with Gasteiger partial charge in [-0.3, -0.25) is 24.2 Å². The van der Waals surface area contributed by atoms with Crippen LogP contribution in [0.4, 0.5) is 0 Å². The third-order valence-corrected chi connectivity index (χ3v) is 4.29. The number of carboxylic acids is 1. The first-order valence-electron chi connectivity index (χ1n) is 9.04. The number of aliphatic imine (C=N–C) groups is 1. The van der Waals surface area contributed by atoms with Crippen LogP contribution in [0.1, 0.15) is 32.6 Å². The van der Waals surface area contributed by atoms with Crippen LogP contribution in [-0.4, -0.2) is 77.4 Å². The molecule has 9 N–H and O–H groups in total. The lowest BCUT2D eigenvalue weighted by atomic mass is 10.1. The van der Waals surface area contributed by atoms with E-state index >= 15 is 0 Å². The van der Waals surface area contributed by atoms with Gasteiger partial charge in [0.2, 0.25) is 17.7 Å². The van der Waals surface area contributed by atoms with Crippen LogP contribution in [0.25, 0.3) is 0 Å². The van der Waals surface area contributed by atoms with Crippen molar-refractivity contribution < 1.29 is 24.3 Å². The van der Waals surface area contributed by atoms with Gasteiger partial charge in [0.05, 0.1) is 6.04 Å². The number of hydrogen-bond donors (Lipinski definition) is 6. The summed E-state index contributed by atoms with van der Waals surface area (Å²) in [6, 6.07) is -2.44. The first-order valence-corrected chi connectivity index (χ1v) is 9.04. The molecule has 0 spiro atoms. The second kappa shape index (κ2) is 11.1. The number of amides is 3. The van der Waals surface area contributed by atoms with E-state index in [1.54, 1.807) is 0 Å². The van der Waals surface area contributed by atoms with Crippen molar-refractivity contribution >= 4 is 29.7 Å². The van der Waals surface area contributed by atoms with E-state index in [0.717, 1.165) is 0 Å². The number of hydrogen-bond acceptors (Lipinski definition) is 6. The van der Waals surface area contributed by atoms with Gasteiger partial charge >= 0.3 is 5.97 Å². The van der Waals surface area contributed by atoms with Crippen LogP contribution in [0, 0.1) is 0 Å². The summed E-state index contributed by atoms with van der Waals surface area (Å²) in [7, 11) is 0. The Balaban J connectivity index is 2.53. The van der Waals surface area contributed by atoms with Crippen molar-refractivity contribution in [3.05, 3.63) is 0 Å². The lowest BCUT2D eigenvalue weighted by molar-refractivity contribution is -0.142. The smallest absolute Gasteiger partial charge is 0.322 e. The summed E-state index contributed by atoms with van der Waals surface area (Å²) >= 11 is 0. The number of nitrogens with two attached hydrogens (primary N) is 3. The van der Waals surface area contributed by atoms with Crippen molar-refractivity contribution in [2.75, 3.05) is 19.6 Å². The van der Waals surface area contributed by atoms with Crippen LogP contribution >= 0.6 is 0 Å². The molecule has 1 aliphatic heterocycles. The SMILES string of the molecule is CC(NC(=O)C(N)CCCN=C(N)N)C(=O)N1CCCC1C(=O)NCC(=O)O. The van der Waals surface area contributed by atoms with Crippen molar-refractivity contribution in [1.29, 1.82) is 0 Å². The van der Waals surface area contributed by atoms with Gasteiger partial charge in [0, 0.05) is 13.1 Å². The van der Waals surface area contributed by atoms with Gasteiger partial charge in [-0.15, -0.1) is 0 Å². The maximum Gasteiger partial charge on any atom is 0.322 e. The van der Waals surface area contributed by atoms with E-state index < -0.39 is 48.4 Å². The van der Waals surface area contributed by atoms with E-state index in [9.17, 15) is 19.2 Å². The largest absolute Gasteiger partial charge is 0.480 e. The highest BCUT2D eigenvalue weighted by Gasteiger charge is 2.36. The maximum absolute atomic E-state index is 12.6. The molecule has 3 amide bonds. The minimum atomic E-state index is -1.17. The minimum Gasteiger partial charge on any atom is -0.480 e. The van der Waals surface area contributed by atoms with Crippen LogP contribution in [0.15, 0.2) is 4.99 Å². The summed E-state index contributed by atoms with van der Waals surface area (Å²) in [4.78, 5) is 52.6. The molecule has 1 aliphatic rings. The van der Waals surface area contributed by atoms with Gasteiger partial charge in [-0.2, -0.15) is 0 Å². The predicted molar refractivity (Wildman–Crippen MR) is 101 cm³/mol. The average molecular weight is 399 g/mol. The zero-order valence-electron chi connectivity index (χ0n) is 15.9. The lowest BCUT2D eigenvalue weighted by Crippen LogP contribution is -2.54. The number of aliphatic carboxylic acids is 1. The Morgan fingerprint density at radius 3 is 2.57 bits per heavy atom. The predicted octanol–water partition coefficient (Wildman–Crippen LogP) is -2.94. The van der Waals surface area contributed by atoms with Crippen molar-refractivity contribution in [2.24, 2.45) is 22.2 Å². The number of nitrogens with one attached hydrogen (secondary N) is 2. The Morgan fingerprint density at radius 2 is 1.96 bits per heavy atom. The van der Waals surface area contributed by atoms with Crippen molar-refractivity contribution in [2.45, 2.75) is 50.7 Å². The van der Waals surface area contributed by atoms with E-state index in [4.69, 9.17) is 22.3 Å². The molecule has 1 heterocycles. The molecule has 0 aromatic carbocycles. The molecule has 0 aromatic rings. The fraction of sp³-hybridized carbons (Fsp3) is 0.688. The first kappa shape index (κ1) is 23.1. The quantitative estimate of drug-likeness (QED) is 0.127. The van der Waals surface area contributed by atoms with Crippen LogP contribution in [0.5, 0.6) is 0 Å². The van der Waals surface area contributed by atoms with Gasteiger partial charge in [-0.25, -0.2) is 0 Å². The second-order valence-electron chi connectivity index (χ2n) is 6.59. The highest BCUT2D eigenvalue weighted by molar-refractivity contribution is 5.93. The monoisotopic (exact) mass is 399 g/mol. The minimum absolute atomic E-state index is 0.0372. The Labute approximate surface area is 162 Å². The van der Waals surface area contributed by atoms with Crippen molar-refractivity contribution in [1.82, 2.24) is 15.5 Å². The Morgan fingerprint density at radius 1 is 1.29 bits per heavy atom. The Kier molecular flexibility index (Phi) is 9.15. The number of guanidine groups is 1. The normalized spacial score (nSPS) is 18.1. The van der Waals surface area contributed by atoms with Crippen molar-refractivity contribution in [3.8, 4) is 0 Å². The third kappa shape index (κ3) is 7.39. The van der Waals surface area contributed by atoms with Crippen molar-refractivity contribution in [3.63, 3.8) is 0 Å². The van der Waals surface area contributed by atoms with Gasteiger partial charge in [-0.1, -0.05) is 0 Å². The molecule has 3 unspecified atom stereocenters. The molecule has 0 aliphatic carbocycles. The fourth-order valence-electron chi connectivity index (χ4n) is 2.86. The lowest BCUT2D eigenvalue weighted by Gasteiger charge is -2.27. The molecule has 1 rings (SSSR count). The van der Waals surface area contributed by atoms with E-state index in [2.05, 4.69) is 15.6 Å². The molecule has 0 saturated carbocycles. The summed E-state index contributed by atoms with van der Waals surface area (Å²) in [6.07, 6.45) is 1.89. The van der Waals surface area contributed by atoms with Crippen LogP contribution < -0.4 is 27.8 Å². The maximum atomic E-state index is 12.6. The number of carbonyl (C=O) groups is 4. The summed E-state index contributed by atoms with van der Waals surface area (Å²) < 4.78 is 0. The molecule has 28 heavy (non-hydrogen) atoms. The molecule has 12 nitrogen and oxygen atoms in total. The second-order valence-corrected chi connectivity index (χ2v) is 6.59. The Hall–Kier alpha value is -2.89. The standard InChI is InChI=1S/C16H29N7O5/c1-9(22-13(26)10(17)4-2-6-20-16(18)19)15(28)23-7-3-5-11(23)14(27)21-8-12(24)25/h9-11H,2-8,17H2,1H3,(H,21,27)(H,22,26)(H,24,25)(H4,18,19,20). The van der Waals surface area contributed by atoms with Gasteiger partial charge in [0.25, 0.3) is 0 Å². The molecule has 0 bridgehead atoms. The highest BCUT2D eigenvalue weighted by Crippen LogP contribution is 2.18. The van der Waals surface area contributed by atoms with Gasteiger partial charge in [0.1, 0.15) is 18.6 Å². The highest BCUT2D eigenvalue weighted by atomic mass is 16.4. The molecule has 1 fully saturated rings. The Bertz CT molecular complexity index is 621. The molecular formula is C16H29N7O5. The average Bonchev–Trinajstić information content (AvgIpc) is 3.11. The number of carbonyl (C=O) groups excluding carboxylic acids is 3. The number of rotatable bonds is 10. The number of likely N-dealkylation sites (tertiary alicyclic amines) is 1. The van der Waals surface area contributed by atoms with Crippen LogP contribution in [0.3, 0.4) is 0 Å². The van der Waals surface area contributed by atoms with Gasteiger partial charge in [0.15, 0.2) is 5.96 Å². The molecular weight excluding hydrogens is 370 g/mol. The summed E-state index contributed by atoms with van der Waals surface area (Å²) in [6.45, 7) is 1.70. The fourth-order valence-corrected chi connectivity index (χ4v) is 2.86. The molecule has 0 aromatic heterocycles. The van der Waals surface area contributed by atoms with E-state index in [1.165, 1.54) is 11.8 Å². The third-order valence-electron chi connectivity index (χ3n) is 4.29. The number of nitrogens with zero attached hydrogens (tertiary/aromatic N) is 2. The van der Waals surface area contributed by atoms with E-state index in [-0.39, 0.29) is 5.96 Å². The van der Waals surface area contributed by atoms with E-state index in [1.807, 2.05) is 0 Å². The molecule has 1 saturated heterocycles. The zero-order valence-corrected chi connectivity index (χ0v) is 15.9. The summed E-state index contributed by atoms with van der Waals surface area (Å²) in [5.74, 6) is -2.64. The van der Waals surface area contributed by atoms with Gasteiger partial charge < -0.3 is 37.8 Å². The molecule has 12 heteroatoms. The van der Waals surface area contributed by atoms with E-state index in [0.29, 0.717) is 38.8 Å². The number of carboxylic acid groups (broad SMARTS) is 1. The molecule has 3 atom stereocenters. The molecule has 0 radical (unpaired) electrons. The summed E-state index contributed by atoms with van der Waals surface area (Å²) in [5.41, 5.74) is 16.2. The van der Waals surface area contributed by atoms with Crippen LogP contribution in [-0.2, 0) is 19.2 Å².